The SMILES string of the molecule is COc1cc(C(C)(C)N)c(Br)cc1C. The number of hydrogen-bond donors (Lipinski definition) is 1. The summed E-state index contributed by atoms with van der Waals surface area (Å²) in [4.78, 5) is 0. The number of halogens is 1. The fourth-order valence-electron chi connectivity index (χ4n) is 1.37. The summed E-state index contributed by atoms with van der Waals surface area (Å²) >= 11 is 3.51. The molecule has 0 aliphatic rings. The van der Waals surface area contributed by atoms with E-state index in [-0.39, 0.29) is 5.54 Å². The highest BCUT2D eigenvalue weighted by Gasteiger charge is 2.19. The maximum absolute atomic E-state index is 6.05. The Morgan fingerprint density at radius 1 is 1.36 bits per heavy atom. The molecule has 1 rings (SSSR count). The predicted molar refractivity (Wildman–Crippen MR) is 62.6 cm³/mol. The number of ether oxygens (including phenoxy) is 1. The molecule has 0 spiro atoms. The minimum Gasteiger partial charge on any atom is -0.496 e. The number of hydrogen-bond acceptors (Lipinski definition) is 2. The van der Waals surface area contributed by atoms with E-state index in [4.69, 9.17) is 10.5 Å². The molecule has 0 fully saturated rings. The molecule has 0 saturated heterocycles. The highest BCUT2D eigenvalue weighted by molar-refractivity contribution is 9.10. The smallest absolute Gasteiger partial charge is 0.122 e. The summed E-state index contributed by atoms with van der Waals surface area (Å²) in [5, 5.41) is 0. The summed E-state index contributed by atoms with van der Waals surface area (Å²) in [5.74, 6) is 0.877. The van der Waals surface area contributed by atoms with Crippen molar-refractivity contribution in [3.63, 3.8) is 0 Å². The molecule has 0 aliphatic carbocycles. The summed E-state index contributed by atoms with van der Waals surface area (Å²) in [7, 11) is 1.67. The van der Waals surface area contributed by atoms with Gasteiger partial charge in [-0.3, -0.25) is 0 Å². The van der Waals surface area contributed by atoms with Crippen molar-refractivity contribution in [1.82, 2.24) is 0 Å². The molecule has 0 unspecified atom stereocenters. The van der Waals surface area contributed by atoms with Crippen molar-refractivity contribution in [2.75, 3.05) is 7.11 Å². The van der Waals surface area contributed by atoms with Gasteiger partial charge in [0.1, 0.15) is 5.75 Å². The second-order valence-electron chi connectivity index (χ2n) is 4.02. The van der Waals surface area contributed by atoms with Gasteiger partial charge >= 0.3 is 0 Å². The van der Waals surface area contributed by atoms with Crippen LogP contribution in [-0.2, 0) is 5.54 Å². The van der Waals surface area contributed by atoms with Crippen molar-refractivity contribution >= 4 is 15.9 Å². The van der Waals surface area contributed by atoms with Crippen LogP contribution in [0.4, 0.5) is 0 Å². The summed E-state index contributed by atoms with van der Waals surface area (Å²) in [6.07, 6.45) is 0. The van der Waals surface area contributed by atoms with Gasteiger partial charge in [0.25, 0.3) is 0 Å². The van der Waals surface area contributed by atoms with Crippen molar-refractivity contribution in [3.8, 4) is 5.75 Å². The average Bonchev–Trinajstić information content (AvgIpc) is 2.02. The highest BCUT2D eigenvalue weighted by atomic mass is 79.9. The van der Waals surface area contributed by atoms with Crippen LogP contribution >= 0.6 is 15.9 Å². The third-order valence-electron chi connectivity index (χ3n) is 2.18. The molecule has 0 saturated carbocycles. The highest BCUT2D eigenvalue weighted by Crippen LogP contribution is 2.32. The van der Waals surface area contributed by atoms with Gasteiger partial charge in [0.2, 0.25) is 0 Å². The molecule has 0 heterocycles. The topological polar surface area (TPSA) is 35.2 Å². The lowest BCUT2D eigenvalue weighted by Gasteiger charge is -2.22. The van der Waals surface area contributed by atoms with Crippen LogP contribution in [0.3, 0.4) is 0 Å². The van der Waals surface area contributed by atoms with Crippen LogP contribution in [0.15, 0.2) is 16.6 Å². The van der Waals surface area contributed by atoms with E-state index in [0.717, 1.165) is 21.3 Å². The van der Waals surface area contributed by atoms with E-state index >= 15 is 0 Å². The maximum atomic E-state index is 6.05. The van der Waals surface area contributed by atoms with Gasteiger partial charge in [0, 0.05) is 10.0 Å². The van der Waals surface area contributed by atoms with E-state index in [9.17, 15) is 0 Å². The zero-order valence-electron chi connectivity index (χ0n) is 9.02. The van der Waals surface area contributed by atoms with Crippen molar-refractivity contribution < 1.29 is 4.74 Å². The molecule has 0 atom stereocenters. The number of nitrogens with two attached hydrogens (primary N) is 1. The number of rotatable bonds is 2. The largest absolute Gasteiger partial charge is 0.496 e. The first-order chi connectivity index (χ1) is 6.36. The molecule has 3 heteroatoms. The second-order valence-corrected chi connectivity index (χ2v) is 4.88. The fraction of sp³-hybridized carbons (Fsp3) is 0.455. The Labute approximate surface area is 93.6 Å². The minimum atomic E-state index is -0.361. The zero-order chi connectivity index (χ0) is 10.9. The van der Waals surface area contributed by atoms with Crippen LogP contribution < -0.4 is 10.5 Å². The van der Waals surface area contributed by atoms with Crippen LogP contribution in [0.5, 0.6) is 5.75 Å². The average molecular weight is 258 g/mol. The first-order valence-corrected chi connectivity index (χ1v) is 5.29. The van der Waals surface area contributed by atoms with Crippen LogP contribution in [0.2, 0.25) is 0 Å². The molecule has 78 valence electrons. The lowest BCUT2D eigenvalue weighted by molar-refractivity contribution is 0.409. The molecular weight excluding hydrogens is 242 g/mol. The maximum Gasteiger partial charge on any atom is 0.122 e. The van der Waals surface area contributed by atoms with E-state index in [1.54, 1.807) is 7.11 Å². The Morgan fingerprint density at radius 3 is 2.36 bits per heavy atom. The monoisotopic (exact) mass is 257 g/mol. The number of methoxy groups -OCH3 is 1. The van der Waals surface area contributed by atoms with Gasteiger partial charge in [-0.05, 0) is 44.0 Å². The molecular formula is C11H16BrNO. The first kappa shape index (κ1) is 11.5. The van der Waals surface area contributed by atoms with E-state index in [1.807, 2.05) is 32.9 Å². The van der Waals surface area contributed by atoms with Gasteiger partial charge in [0.15, 0.2) is 0 Å². The molecule has 2 N–H and O–H groups in total. The molecule has 0 radical (unpaired) electrons. The summed E-state index contributed by atoms with van der Waals surface area (Å²) in [6, 6.07) is 4.02. The van der Waals surface area contributed by atoms with Gasteiger partial charge < -0.3 is 10.5 Å². The normalized spacial score (nSPS) is 11.6. The molecule has 0 bridgehead atoms. The van der Waals surface area contributed by atoms with E-state index in [1.165, 1.54) is 0 Å². The number of aryl methyl sites for hydroxylation is 1. The van der Waals surface area contributed by atoms with Gasteiger partial charge in [-0.15, -0.1) is 0 Å². The lowest BCUT2D eigenvalue weighted by atomic mass is 9.94. The van der Waals surface area contributed by atoms with Gasteiger partial charge in [-0.1, -0.05) is 15.9 Å². The van der Waals surface area contributed by atoms with Crippen LogP contribution in [-0.4, -0.2) is 7.11 Å². The molecule has 2 nitrogen and oxygen atoms in total. The molecule has 0 aliphatic heterocycles. The fourth-order valence-corrected chi connectivity index (χ4v) is 2.34. The van der Waals surface area contributed by atoms with Gasteiger partial charge in [-0.25, -0.2) is 0 Å². The van der Waals surface area contributed by atoms with Crippen LogP contribution in [0.1, 0.15) is 25.0 Å². The summed E-state index contributed by atoms with van der Waals surface area (Å²) < 4.78 is 6.29. The van der Waals surface area contributed by atoms with Crippen LogP contribution in [0.25, 0.3) is 0 Å². The number of benzene rings is 1. The Balaban J connectivity index is 3.32. The van der Waals surface area contributed by atoms with Crippen molar-refractivity contribution in [1.29, 1.82) is 0 Å². The van der Waals surface area contributed by atoms with E-state index < -0.39 is 0 Å². The Bertz CT molecular complexity index is 342. The molecule has 14 heavy (non-hydrogen) atoms. The predicted octanol–water partition coefficient (Wildman–Crippen LogP) is 2.96. The van der Waals surface area contributed by atoms with Crippen molar-refractivity contribution in [2.24, 2.45) is 5.73 Å². The van der Waals surface area contributed by atoms with Gasteiger partial charge in [-0.2, -0.15) is 0 Å². The minimum absolute atomic E-state index is 0.361. The second kappa shape index (κ2) is 3.91. The summed E-state index contributed by atoms with van der Waals surface area (Å²) in [5.41, 5.74) is 7.84. The quantitative estimate of drug-likeness (QED) is 0.885. The van der Waals surface area contributed by atoms with E-state index in [0.29, 0.717) is 0 Å². The Kier molecular flexibility index (Phi) is 3.22. The Morgan fingerprint density at radius 2 is 1.93 bits per heavy atom. The van der Waals surface area contributed by atoms with Crippen LogP contribution in [0, 0.1) is 6.92 Å². The molecule has 1 aromatic carbocycles. The standard InChI is InChI=1S/C11H16BrNO/c1-7-5-9(12)8(11(2,3)13)6-10(7)14-4/h5-6H,13H2,1-4H3. The first-order valence-electron chi connectivity index (χ1n) is 4.49. The lowest BCUT2D eigenvalue weighted by Crippen LogP contribution is -2.29. The third kappa shape index (κ3) is 2.28. The zero-order valence-corrected chi connectivity index (χ0v) is 10.6. The van der Waals surface area contributed by atoms with Crippen molar-refractivity contribution in [3.05, 3.63) is 27.7 Å². The Hall–Kier alpha value is -0.540. The molecule has 1 aromatic rings. The van der Waals surface area contributed by atoms with Crippen molar-refractivity contribution in [2.45, 2.75) is 26.3 Å². The molecule has 0 aromatic heterocycles. The van der Waals surface area contributed by atoms with E-state index in [2.05, 4.69) is 15.9 Å². The molecule has 0 amide bonds. The third-order valence-corrected chi connectivity index (χ3v) is 2.83. The summed E-state index contributed by atoms with van der Waals surface area (Å²) in [6.45, 7) is 5.96. The van der Waals surface area contributed by atoms with Gasteiger partial charge in [0.05, 0.1) is 7.11 Å².